The molecule has 0 N–H and O–H groups in total. The second-order valence-corrected chi connectivity index (χ2v) is 4.54. The van der Waals surface area contributed by atoms with Crippen molar-refractivity contribution in [3.63, 3.8) is 0 Å². The van der Waals surface area contributed by atoms with E-state index in [1.54, 1.807) is 37.3 Å². The Bertz CT molecular complexity index is 530. The Labute approximate surface area is 131 Å². The highest BCUT2D eigenvalue weighted by Gasteiger charge is 2.16. The lowest BCUT2D eigenvalue weighted by molar-refractivity contribution is -0.140. The zero-order valence-electron chi connectivity index (χ0n) is 13.6. The van der Waals surface area contributed by atoms with Gasteiger partial charge in [-0.1, -0.05) is 12.1 Å². The molecule has 1 rings (SSSR count). The van der Waals surface area contributed by atoms with Crippen molar-refractivity contribution < 1.29 is 19.1 Å². The van der Waals surface area contributed by atoms with E-state index in [1.165, 1.54) is 7.11 Å². The van der Waals surface area contributed by atoms with Gasteiger partial charge in [-0.15, -0.1) is 0 Å². The van der Waals surface area contributed by atoms with E-state index >= 15 is 0 Å². The SMILES string of the molecule is CCOC(=O)/C(=C/c1ccc(C(=O)OC)cc1)N(CC)CC. The summed E-state index contributed by atoms with van der Waals surface area (Å²) >= 11 is 0. The van der Waals surface area contributed by atoms with Gasteiger partial charge in [0.2, 0.25) is 0 Å². The zero-order valence-corrected chi connectivity index (χ0v) is 13.6. The van der Waals surface area contributed by atoms with E-state index in [0.29, 0.717) is 31.0 Å². The average Bonchev–Trinajstić information content (AvgIpc) is 2.55. The predicted octanol–water partition coefficient (Wildman–Crippen LogP) is 2.72. The molecule has 0 fully saturated rings. The molecule has 0 aliphatic rings. The van der Waals surface area contributed by atoms with Gasteiger partial charge in [0.1, 0.15) is 5.70 Å². The van der Waals surface area contributed by atoms with E-state index in [4.69, 9.17) is 4.74 Å². The summed E-state index contributed by atoms with van der Waals surface area (Å²) in [6.07, 6.45) is 1.77. The number of carbonyl (C=O) groups excluding carboxylic acids is 2. The number of rotatable bonds is 7. The zero-order chi connectivity index (χ0) is 16.5. The van der Waals surface area contributed by atoms with Crippen molar-refractivity contribution >= 4 is 18.0 Å². The maximum atomic E-state index is 12.1. The maximum absolute atomic E-state index is 12.1. The highest BCUT2D eigenvalue weighted by Crippen LogP contribution is 2.14. The second kappa shape index (κ2) is 8.87. The third kappa shape index (κ3) is 4.62. The first-order valence-corrected chi connectivity index (χ1v) is 7.39. The molecular formula is C17H23NO4. The minimum Gasteiger partial charge on any atom is -0.465 e. The van der Waals surface area contributed by atoms with Crippen LogP contribution in [0.1, 0.15) is 36.7 Å². The topological polar surface area (TPSA) is 55.8 Å². The second-order valence-electron chi connectivity index (χ2n) is 4.54. The number of esters is 2. The molecule has 0 saturated heterocycles. The Morgan fingerprint density at radius 2 is 1.68 bits per heavy atom. The fourth-order valence-electron chi connectivity index (χ4n) is 2.04. The monoisotopic (exact) mass is 305 g/mol. The minimum absolute atomic E-state index is 0.332. The highest BCUT2D eigenvalue weighted by molar-refractivity contribution is 5.93. The van der Waals surface area contributed by atoms with Crippen LogP contribution in [0, 0.1) is 0 Å². The first-order chi connectivity index (χ1) is 10.6. The van der Waals surface area contributed by atoms with Crippen molar-refractivity contribution in [2.24, 2.45) is 0 Å². The van der Waals surface area contributed by atoms with Crippen LogP contribution in [0.25, 0.3) is 6.08 Å². The van der Waals surface area contributed by atoms with E-state index in [0.717, 1.165) is 5.56 Å². The third-order valence-corrected chi connectivity index (χ3v) is 3.22. The summed E-state index contributed by atoms with van der Waals surface area (Å²) in [6, 6.07) is 6.88. The molecule has 0 heterocycles. The summed E-state index contributed by atoms with van der Waals surface area (Å²) in [4.78, 5) is 25.5. The van der Waals surface area contributed by atoms with Crippen LogP contribution in [0.5, 0.6) is 0 Å². The van der Waals surface area contributed by atoms with Crippen LogP contribution in [0.3, 0.4) is 0 Å². The van der Waals surface area contributed by atoms with Gasteiger partial charge in [-0.25, -0.2) is 9.59 Å². The normalized spacial score (nSPS) is 11.0. The number of likely N-dealkylation sites (N-methyl/N-ethyl adjacent to an activating group) is 1. The summed E-state index contributed by atoms with van der Waals surface area (Å²) in [5.74, 6) is -0.729. The predicted molar refractivity (Wildman–Crippen MR) is 85.3 cm³/mol. The molecule has 1 aromatic rings. The molecule has 22 heavy (non-hydrogen) atoms. The first-order valence-electron chi connectivity index (χ1n) is 7.39. The summed E-state index contributed by atoms with van der Waals surface area (Å²) in [7, 11) is 1.34. The Balaban J connectivity index is 3.10. The van der Waals surface area contributed by atoms with Crippen LogP contribution in [0.4, 0.5) is 0 Å². The lowest BCUT2D eigenvalue weighted by atomic mass is 10.1. The number of ether oxygens (including phenoxy) is 2. The molecule has 0 unspecified atom stereocenters. The summed E-state index contributed by atoms with van der Waals surface area (Å²) < 4.78 is 9.78. The minimum atomic E-state index is -0.384. The van der Waals surface area contributed by atoms with Crippen LogP contribution >= 0.6 is 0 Å². The van der Waals surface area contributed by atoms with E-state index in [2.05, 4.69) is 4.74 Å². The number of benzene rings is 1. The van der Waals surface area contributed by atoms with Crippen molar-refractivity contribution in [2.45, 2.75) is 20.8 Å². The standard InChI is InChI=1S/C17H23NO4/c1-5-18(6-2)15(17(20)22-7-3)12-13-8-10-14(11-9-13)16(19)21-4/h8-12H,5-7H2,1-4H3/b15-12-. The number of hydrogen-bond donors (Lipinski definition) is 0. The molecule has 0 bridgehead atoms. The Morgan fingerprint density at radius 1 is 1.09 bits per heavy atom. The van der Waals surface area contributed by atoms with Gasteiger partial charge in [0.25, 0.3) is 0 Å². The van der Waals surface area contributed by atoms with Crippen LogP contribution in [0.15, 0.2) is 30.0 Å². The molecule has 0 atom stereocenters. The summed E-state index contributed by atoms with van der Waals surface area (Å²) in [5, 5.41) is 0. The molecule has 0 spiro atoms. The molecule has 0 aliphatic heterocycles. The van der Waals surface area contributed by atoms with Crippen LogP contribution in [-0.4, -0.2) is 43.6 Å². The molecule has 120 valence electrons. The van der Waals surface area contributed by atoms with Gasteiger partial charge in [-0.3, -0.25) is 0 Å². The van der Waals surface area contributed by atoms with Gasteiger partial charge in [0.15, 0.2) is 0 Å². The van der Waals surface area contributed by atoms with Gasteiger partial charge < -0.3 is 14.4 Å². The van der Waals surface area contributed by atoms with Crippen LogP contribution in [-0.2, 0) is 14.3 Å². The Morgan fingerprint density at radius 3 is 2.14 bits per heavy atom. The smallest absolute Gasteiger partial charge is 0.354 e. The van der Waals surface area contributed by atoms with Crippen molar-refractivity contribution in [1.29, 1.82) is 0 Å². The van der Waals surface area contributed by atoms with Gasteiger partial charge in [-0.05, 0) is 44.5 Å². The van der Waals surface area contributed by atoms with Crippen LogP contribution in [0.2, 0.25) is 0 Å². The molecule has 0 aliphatic carbocycles. The molecule has 0 radical (unpaired) electrons. The molecule has 0 saturated carbocycles. The Hall–Kier alpha value is -2.30. The van der Waals surface area contributed by atoms with Crippen molar-refractivity contribution in [3.05, 3.63) is 41.1 Å². The van der Waals surface area contributed by atoms with E-state index in [1.807, 2.05) is 18.7 Å². The first kappa shape index (κ1) is 17.8. The molecule has 0 amide bonds. The number of carbonyl (C=O) groups is 2. The van der Waals surface area contributed by atoms with Gasteiger partial charge >= 0.3 is 11.9 Å². The van der Waals surface area contributed by atoms with Crippen molar-refractivity contribution in [1.82, 2.24) is 4.90 Å². The molecule has 5 heteroatoms. The molecule has 5 nitrogen and oxygen atoms in total. The highest BCUT2D eigenvalue weighted by atomic mass is 16.5. The van der Waals surface area contributed by atoms with E-state index in [9.17, 15) is 9.59 Å². The number of methoxy groups -OCH3 is 1. The van der Waals surface area contributed by atoms with Gasteiger partial charge in [-0.2, -0.15) is 0 Å². The van der Waals surface area contributed by atoms with Gasteiger partial charge in [0.05, 0.1) is 19.3 Å². The summed E-state index contributed by atoms with van der Waals surface area (Å²) in [5.41, 5.74) is 1.81. The lowest BCUT2D eigenvalue weighted by Gasteiger charge is -2.23. The number of nitrogens with zero attached hydrogens (tertiary/aromatic N) is 1. The molecular weight excluding hydrogens is 282 g/mol. The Kier molecular flexibility index (Phi) is 7.16. The molecule has 0 aromatic heterocycles. The maximum Gasteiger partial charge on any atom is 0.354 e. The fourth-order valence-corrected chi connectivity index (χ4v) is 2.04. The number of hydrogen-bond acceptors (Lipinski definition) is 5. The third-order valence-electron chi connectivity index (χ3n) is 3.22. The summed E-state index contributed by atoms with van der Waals surface area (Å²) in [6.45, 7) is 7.50. The van der Waals surface area contributed by atoms with Crippen LogP contribution < -0.4 is 0 Å². The van der Waals surface area contributed by atoms with Gasteiger partial charge in [0, 0.05) is 13.1 Å². The van der Waals surface area contributed by atoms with E-state index in [-0.39, 0.29) is 11.9 Å². The quantitative estimate of drug-likeness (QED) is 0.572. The largest absolute Gasteiger partial charge is 0.465 e. The average molecular weight is 305 g/mol. The molecule has 1 aromatic carbocycles. The van der Waals surface area contributed by atoms with E-state index < -0.39 is 0 Å². The lowest BCUT2D eigenvalue weighted by Crippen LogP contribution is -2.28. The van der Waals surface area contributed by atoms with Crippen molar-refractivity contribution in [3.8, 4) is 0 Å². The van der Waals surface area contributed by atoms with Crippen molar-refractivity contribution in [2.75, 3.05) is 26.8 Å². The fraction of sp³-hybridized carbons (Fsp3) is 0.412.